The van der Waals surface area contributed by atoms with Gasteiger partial charge in [-0.1, -0.05) is 6.07 Å². The molecule has 1 rings (SSSR count). The number of benzene rings is 1. The molecular formula is C10H10F2O3. The smallest absolute Gasteiger partial charge is 0.299 e. The zero-order chi connectivity index (χ0) is 11.3. The Balaban J connectivity index is 2.51. The Morgan fingerprint density at radius 1 is 1.33 bits per heavy atom. The van der Waals surface area contributed by atoms with Crippen LogP contribution in [0, 0.1) is 11.6 Å². The highest BCUT2D eigenvalue weighted by Gasteiger charge is 2.06. The average molecular weight is 216 g/mol. The van der Waals surface area contributed by atoms with Gasteiger partial charge in [-0.15, -0.1) is 0 Å². The van der Waals surface area contributed by atoms with E-state index >= 15 is 0 Å². The molecule has 15 heavy (non-hydrogen) atoms. The number of halogens is 2. The largest absolute Gasteiger partial charge is 0.342 e. The Bertz CT molecular complexity index is 353. The fourth-order valence-corrected chi connectivity index (χ4v) is 1.08. The topological polar surface area (TPSA) is 35.5 Å². The molecule has 0 spiro atoms. The van der Waals surface area contributed by atoms with Crippen molar-refractivity contribution >= 4 is 5.97 Å². The highest BCUT2D eigenvalue weighted by Crippen LogP contribution is 2.10. The lowest BCUT2D eigenvalue weighted by Gasteiger charge is -2.01. The summed E-state index contributed by atoms with van der Waals surface area (Å²) in [6.07, 6.45) is 0.332. The van der Waals surface area contributed by atoms with Crippen molar-refractivity contribution in [3.05, 3.63) is 35.4 Å². The average Bonchev–Trinajstić information content (AvgIpc) is 2.20. The number of carbonyl (C=O) groups excluding carboxylic acids is 1. The maximum Gasteiger partial charge on any atom is 0.342 e. The summed E-state index contributed by atoms with van der Waals surface area (Å²) in [6, 6.07) is 3.49. The van der Waals surface area contributed by atoms with Crippen LogP contribution in [0.3, 0.4) is 0 Å². The monoisotopic (exact) mass is 216 g/mol. The van der Waals surface area contributed by atoms with E-state index in [1.54, 1.807) is 0 Å². The third-order valence-electron chi connectivity index (χ3n) is 1.78. The molecule has 0 atom stereocenters. The molecule has 0 saturated heterocycles. The summed E-state index contributed by atoms with van der Waals surface area (Å²) in [7, 11) is 1.22. The maximum atomic E-state index is 12.7. The van der Waals surface area contributed by atoms with Crippen molar-refractivity contribution in [2.45, 2.75) is 12.8 Å². The number of hydrogen-bond acceptors (Lipinski definition) is 3. The first-order chi connectivity index (χ1) is 7.13. The van der Waals surface area contributed by atoms with E-state index in [-0.39, 0.29) is 12.8 Å². The van der Waals surface area contributed by atoms with Crippen molar-refractivity contribution in [1.82, 2.24) is 0 Å². The summed E-state index contributed by atoms with van der Waals surface area (Å²) in [5.41, 5.74) is 0.530. The van der Waals surface area contributed by atoms with Crippen molar-refractivity contribution < 1.29 is 23.4 Å². The van der Waals surface area contributed by atoms with Crippen molar-refractivity contribution in [2.75, 3.05) is 7.11 Å². The van der Waals surface area contributed by atoms with Crippen LogP contribution in [-0.2, 0) is 21.0 Å². The van der Waals surface area contributed by atoms with Gasteiger partial charge in [0.15, 0.2) is 11.6 Å². The standard InChI is InChI=1S/C10H10F2O3/c1-14-15-10(13)5-3-7-2-4-8(11)9(12)6-7/h2,4,6H,3,5H2,1H3. The lowest BCUT2D eigenvalue weighted by Crippen LogP contribution is -2.04. The van der Waals surface area contributed by atoms with E-state index in [0.717, 1.165) is 12.1 Å². The Labute approximate surface area is 85.5 Å². The van der Waals surface area contributed by atoms with E-state index in [0.29, 0.717) is 5.56 Å². The van der Waals surface area contributed by atoms with Gasteiger partial charge in [0, 0.05) is 0 Å². The van der Waals surface area contributed by atoms with Crippen LogP contribution in [0.1, 0.15) is 12.0 Å². The third kappa shape index (κ3) is 3.63. The van der Waals surface area contributed by atoms with Gasteiger partial charge in [-0.25, -0.2) is 13.6 Å². The molecule has 0 heterocycles. The van der Waals surface area contributed by atoms with Gasteiger partial charge < -0.3 is 0 Å². The molecule has 0 saturated carbocycles. The van der Waals surface area contributed by atoms with Crippen LogP contribution in [0.15, 0.2) is 18.2 Å². The number of hydrogen-bond donors (Lipinski definition) is 0. The highest BCUT2D eigenvalue weighted by molar-refractivity contribution is 5.68. The summed E-state index contributed by atoms with van der Waals surface area (Å²) in [5.74, 6) is -2.38. The number of rotatable bonds is 4. The zero-order valence-corrected chi connectivity index (χ0v) is 8.13. The Morgan fingerprint density at radius 3 is 2.67 bits per heavy atom. The minimum atomic E-state index is -0.924. The van der Waals surface area contributed by atoms with Gasteiger partial charge in [0.25, 0.3) is 0 Å². The van der Waals surface area contributed by atoms with Gasteiger partial charge >= 0.3 is 5.97 Å². The van der Waals surface area contributed by atoms with Gasteiger partial charge in [0.2, 0.25) is 0 Å². The van der Waals surface area contributed by atoms with Crippen molar-refractivity contribution in [3.63, 3.8) is 0 Å². The fraction of sp³-hybridized carbons (Fsp3) is 0.300. The van der Waals surface area contributed by atoms with E-state index in [4.69, 9.17) is 0 Å². The van der Waals surface area contributed by atoms with Crippen molar-refractivity contribution in [1.29, 1.82) is 0 Å². The highest BCUT2D eigenvalue weighted by atomic mass is 19.2. The molecule has 0 radical (unpaired) electrons. The van der Waals surface area contributed by atoms with Crippen LogP contribution in [0.25, 0.3) is 0 Å². The third-order valence-corrected chi connectivity index (χ3v) is 1.78. The predicted molar refractivity (Wildman–Crippen MR) is 47.8 cm³/mol. The molecule has 0 fully saturated rings. The quantitative estimate of drug-likeness (QED) is 0.570. The van der Waals surface area contributed by atoms with Crippen LogP contribution in [0.4, 0.5) is 8.78 Å². The second-order valence-electron chi connectivity index (χ2n) is 2.87. The lowest BCUT2D eigenvalue weighted by atomic mass is 10.1. The molecule has 0 aliphatic heterocycles. The Kier molecular flexibility index (Phi) is 4.17. The molecule has 0 N–H and O–H groups in total. The molecule has 0 bridgehead atoms. The summed E-state index contributed by atoms with van der Waals surface area (Å²) in [4.78, 5) is 19.2. The second kappa shape index (κ2) is 5.41. The first-order valence-electron chi connectivity index (χ1n) is 4.31. The molecule has 3 nitrogen and oxygen atoms in total. The van der Waals surface area contributed by atoms with Crippen molar-refractivity contribution in [2.24, 2.45) is 0 Å². The molecule has 1 aromatic rings. The molecular weight excluding hydrogens is 206 g/mol. The second-order valence-corrected chi connectivity index (χ2v) is 2.87. The SMILES string of the molecule is COOC(=O)CCc1ccc(F)c(F)c1. The summed E-state index contributed by atoms with van der Waals surface area (Å²) >= 11 is 0. The first kappa shape index (κ1) is 11.6. The normalized spacial score (nSPS) is 10.1. The van der Waals surface area contributed by atoms with Crippen LogP contribution in [-0.4, -0.2) is 13.1 Å². The maximum absolute atomic E-state index is 12.7. The van der Waals surface area contributed by atoms with E-state index in [2.05, 4.69) is 9.78 Å². The molecule has 82 valence electrons. The number of aryl methyl sites for hydroxylation is 1. The lowest BCUT2D eigenvalue weighted by molar-refractivity contribution is -0.254. The van der Waals surface area contributed by atoms with Gasteiger partial charge in [0.1, 0.15) is 0 Å². The summed E-state index contributed by atoms with van der Waals surface area (Å²) in [5, 5.41) is 0. The minimum Gasteiger partial charge on any atom is -0.299 e. The van der Waals surface area contributed by atoms with Crippen LogP contribution < -0.4 is 0 Å². The fourth-order valence-electron chi connectivity index (χ4n) is 1.08. The Hall–Kier alpha value is -1.49. The predicted octanol–water partition coefficient (Wildman–Crippen LogP) is 2.00. The molecule has 0 unspecified atom stereocenters. The molecule has 0 aliphatic rings. The van der Waals surface area contributed by atoms with E-state index in [1.807, 2.05) is 0 Å². The van der Waals surface area contributed by atoms with E-state index in [1.165, 1.54) is 13.2 Å². The number of carbonyl (C=O) groups is 1. The Morgan fingerprint density at radius 2 is 2.07 bits per heavy atom. The first-order valence-corrected chi connectivity index (χ1v) is 4.31. The molecule has 0 aliphatic carbocycles. The molecule has 0 amide bonds. The molecule has 5 heteroatoms. The van der Waals surface area contributed by atoms with Crippen molar-refractivity contribution in [3.8, 4) is 0 Å². The van der Waals surface area contributed by atoms with Gasteiger partial charge in [-0.3, -0.25) is 4.89 Å². The summed E-state index contributed by atoms with van der Waals surface area (Å²) in [6.45, 7) is 0. The van der Waals surface area contributed by atoms with Gasteiger partial charge in [0.05, 0.1) is 13.5 Å². The van der Waals surface area contributed by atoms with Gasteiger partial charge in [-0.2, -0.15) is 4.89 Å². The van der Waals surface area contributed by atoms with E-state index < -0.39 is 17.6 Å². The molecule has 1 aromatic carbocycles. The van der Waals surface area contributed by atoms with Crippen LogP contribution in [0.5, 0.6) is 0 Å². The zero-order valence-electron chi connectivity index (χ0n) is 8.13. The van der Waals surface area contributed by atoms with Crippen LogP contribution >= 0.6 is 0 Å². The van der Waals surface area contributed by atoms with E-state index in [9.17, 15) is 13.6 Å². The summed E-state index contributed by atoms with van der Waals surface area (Å²) < 4.78 is 25.3. The minimum absolute atomic E-state index is 0.0545. The van der Waals surface area contributed by atoms with Gasteiger partial charge in [-0.05, 0) is 24.1 Å². The molecule has 0 aromatic heterocycles. The van der Waals surface area contributed by atoms with Crippen LogP contribution in [0.2, 0.25) is 0 Å².